The van der Waals surface area contributed by atoms with E-state index >= 15 is 0 Å². The summed E-state index contributed by atoms with van der Waals surface area (Å²) in [4.78, 5) is 5.91. The highest BCUT2D eigenvalue weighted by atomic mass is 79.9. The van der Waals surface area contributed by atoms with E-state index in [2.05, 4.69) is 46.9 Å². The molecule has 3 heteroatoms. The average Bonchev–Trinajstić information content (AvgIpc) is 2.76. The zero-order valence-corrected chi connectivity index (χ0v) is 13.7. The molecule has 2 rings (SSSR count). The van der Waals surface area contributed by atoms with Gasteiger partial charge in [-0.05, 0) is 70.8 Å². The fourth-order valence-electron chi connectivity index (χ4n) is 2.67. The highest BCUT2D eigenvalue weighted by Gasteiger charge is 2.21. The Labute approximate surface area is 122 Å². The maximum absolute atomic E-state index is 4.52. The summed E-state index contributed by atoms with van der Waals surface area (Å²) in [6.45, 7) is 4.58. The molecule has 0 spiro atoms. The summed E-state index contributed by atoms with van der Waals surface area (Å²) in [5.74, 6) is 0.556. The minimum Gasteiger partial charge on any atom is -0.293 e. The molecular formula is C15H20BrNS. The molecule has 1 aromatic heterocycles. The van der Waals surface area contributed by atoms with E-state index in [1.807, 2.05) is 18.4 Å². The summed E-state index contributed by atoms with van der Waals surface area (Å²) < 4.78 is 1.21. The molecule has 1 saturated carbocycles. The van der Waals surface area contributed by atoms with E-state index in [9.17, 15) is 0 Å². The van der Waals surface area contributed by atoms with Crippen molar-refractivity contribution in [3.63, 3.8) is 0 Å². The number of allylic oxidation sites excluding steroid dienone is 2. The minimum atomic E-state index is 0.556. The predicted molar refractivity (Wildman–Crippen MR) is 85.6 cm³/mol. The second-order valence-corrected chi connectivity index (χ2v) is 7.49. The van der Waals surface area contributed by atoms with Crippen molar-refractivity contribution >= 4 is 38.6 Å². The Kier molecular flexibility index (Phi) is 4.79. The van der Waals surface area contributed by atoms with E-state index in [1.165, 1.54) is 44.8 Å². The molecular weight excluding hydrogens is 306 g/mol. The van der Waals surface area contributed by atoms with Gasteiger partial charge in [-0.1, -0.05) is 13.8 Å². The van der Waals surface area contributed by atoms with E-state index in [1.54, 1.807) is 0 Å². The molecule has 1 aliphatic carbocycles. The molecule has 1 fully saturated rings. The average molecular weight is 326 g/mol. The first-order chi connectivity index (χ1) is 8.63. The van der Waals surface area contributed by atoms with Gasteiger partial charge in [0.2, 0.25) is 0 Å². The van der Waals surface area contributed by atoms with Gasteiger partial charge < -0.3 is 0 Å². The van der Waals surface area contributed by atoms with Gasteiger partial charge in [0.05, 0.1) is 3.79 Å². The summed E-state index contributed by atoms with van der Waals surface area (Å²) in [7, 11) is 1.93. The van der Waals surface area contributed by atoms with Crippen molar-refractivity contribution in [2.24, 2.45) is 10.9 Å². The van der Waals surface area contributed by atoms with Crippen molar-refractivity contribution in [1.29, 1.82) is 0 Å². The van der Waals surface area contributed by atoms with Crippen molar-refractivity contribution in [2.45, 2.75) is 39.5 Å². The van der Waals surface area contributed by atoms with Crippen LogP contribution in [-0.2, 0) is 0 Å². The van der Waals surface area contributed by atoms with Gasteiger partial charge in [0, 0.05) is 17.6 Å². The van der Waals surface area contributed by atoms with Gasteiger partial charge in [0.15, 0.2) is 0 Å². The fraction of sp³-hybridized carbons (Fsp3) is 0.533. The summed E-state index contributed by atoms with van der Waals surface area (Å²) >= 11 is 5.41. The first-order valence-electron chi connectivity index (χ1n) is 6.58. The van der Waals surface area contributed by atoms with Crippen molar-refractivity contribution in [3.05, 3.63) is 26.4 Å². The molecule has 1 nitrogen and oxygen atoms in total. The van der Waals surface area contributed by atoms with Gasteiger partial charge in [-0.15, -0.1) is 11.3 Å². The largest absolute Gasteiger partial charge is 0.293 e. The smallest absolute Gasteiger partial charge is 0.0704 e. The zero-order chi connectivity index (χ0) is 13.1. The van der Waals surface area contributed by atoms with Gasteiger partial charge in [-0.25, -0.2) is 0 Å². The van der Waals surface area contributed by atoms with Crippen molar-refractivity contribution in [1.82, 2.24) is 0 Å². The second kappa shape index (κ2) is 6.16. The van der Waals surface area contributed by atoms with E-state index < -0.39 is 0 Å². The number of hydrogen-bond donors (Lipinski definition) is 0. The Morgan fingerprint density at radius 2 is 2.00 bits per heavy atom. The molecule has 1 heterocycles. The molecule has 0 aromatic carbocycles. The molecule has 98 valence electrons. The molecule has 1 aliphatic rings. The van der Waals surface area contributed by atoms with Crippen LogP contribution in [0.3, 0.4) is 0 Å². The number of halogens is 1. The molecule has 0 N–H and O–H groups in total. The van der Waals surface area contributed by atoms with E-state index in [0.29, 0.717) is 5.92 Å². The highest BCUT2D eigenvalue weighted by molar-refractivity contribution is 9.11. The third kappa shape index (κ3) is 2.94. The number of nitrogens with zero attached hydrogens (tertiary/aromatic N) is 1. The summed E-state index contributed by atoms with van der Waals surface area (Å²) in [5.41, 5.74) is 4.34. The van der Waals surface area contributed by atoms with Gasteiger partial charge in [-0.3, -0.25) is 4.99 Å². The quantitative estimate of drug-likeness (QED) is 0.674. The van der Waals surface area contributed by atoms with Gasteiger partial charge in [-0.2, -0.15) is 0 Å². The minimum absolute atomic E-state index is 0.556. The number of hydrogen-bond acceptors (Lipinski definition) is 2. The van der Waals surface area contributed by atoms with Crippen LogP contribution in [0.2, 0.25) is 0 Å². The Hall–Kier alpha value is -0.410. The number of aliphatic imine (C=N–C) groups is 1. The third-order valence-corrected chi connectivity index (χ3v) is 5.11. The van der Waals surface area contributed by atoms with Crippen LogP contribution < -0.4 is 0 Å². The Balaban J connectivity index is 2.51. The van der Waals surface area contributed by atoms with Crippen LogP contribution in [0.15, 0.2) is 26.5 Å². The maximum atomic E-state index is 4.52. The summed E-state index contributed by atoms with van der Waals surface area (Å²) in [6, 6.07) is 4.38. The Bertz CT molecular complexity index is 482. The molecule has 0 aliphatic heterocycles. The summed E-state index contributed by atoms with van der Waals surface area (Å²) in [6.07, 6.45) is 4.93. The van der Waals surface area contributed by atoms with Crippen LogP contribution in [0, 0.1) is 5.92 Å². The fourth-order valence-corrected chi connectivity index (χ4v) is 4.27. The van der Waals surface area contributed by atoms with Crippen LogP contribution in [0.1, 0.15) is 44.4 Å². The first-order valence-corrected chi connectivity index (χ1v) is 8.19. The van der Waals surface area contributed by atoms with Crippen molar-refractivity contribution < 1.29 is 0 Å². The topological polar surface area (TPSA) is 12.4 Å². The predicted octanol–water partition coefficient (Wildman–Crippen LogP) is 5.57. The van der Waals surface area contributed by atoms with Crippen LogP contribution in [0.4, 0.5) is 0 Å². The third-order valence-electron chi connectivity index (χ3n) is 3.45. The molecule has 0 atom stereocenters. The lowest BCUT2D eigenvalue weighted by Crippen LogP contribution is -2.13. The first kappa shape index (κ1) is 14.0. The van der Waals surface area contributed by atoms with Crippen molar-refractivity contribution in [3.8, 4) is 0 Å². The lowest BCUT2D eigenvalue weighted by atomic mass is 9.84. The Morgan fingerprint density at radius 1 is 1.28 bits per heavy atom. The molecule has 1 aromatic rings. The van der Waals surface area contributed by atoms with Crippen LogP contribution in [-0.4, -0.2) is 12.8 Å². The normalized spacial score (nSPS) is 21.7. The van der Waals surface area contributed by atoms with Crippen molar-refractivity contribution in [2.75, 3.05) is 7.05 Å². The van der Waals surface area contributed by atoms with Crippen LogP contribution in [0.5, 0.6) is 0 Å². The van der Waals surface area contributed by atoms with Gasteiger partial charge >= 0.3 is 0 Å². The van der Waals surface area contributed by atoms with Gasteiger partial charge in [0.1, 0.15) is 0 Å². The monoisotopic (exact) mass is 325 g/mol. The van der Waals surface area contributed by atoms with Crippen LogP contribution in [0.25, 0.3) is 5.57 Å². The maximum Gasteiger partial charge on any atom is 0.0704 e. The molecule has 0 saturated heterocycles. The Morgan fingerprint density at radius 3 is 2.56 bits per heavy atom. The highest BCUT2D eigenvalue weighted by Crippen LogP contribution is 2.38. The molecule has 0 amide bonds. The molecule has 18 heavy (non-hydrogen) atoms. The van der Waals surface area contributed by atoms with E-state index in [-0.39, 0.29) is 0 Å². The molecule has 0 unspecified atom stereocenters. The number of rotatable bonds is 2. The zero-order valence-electron chi connectivity index (χ0n) is 11.3. The van der Waals surface area contributed by atoms with Gasteiger partial charge in [0.25, 0.3) is 0 Å². The van der Waals surface area contributed by atoms with E-state index in [4.69, 9.17) is 0 Å². The molecule has 0 bridgehead atoms. The standard InChI is InChI=1S/C15H20BrNS/c1-10(2)15(13-8-9-14(16)18-13)11-6-4-5-7-12(11)17-3/h8-10H,4-7H2,1-3H3/b15-11+,17-12?. The van der Waals surface area contributed by atoms with E-state index in [0.717, 1.165) is 6.42 Å². The molecule has 0 radical (unpaired) electrons. The lowest BCUT2D eigenvalue weighted by molar-refractivity contribution is 0.724. The SMILES string of the molecule is CN=C1CCCC/C1=C(\c1ccc(Br)s1)C(C)C. The summed E-state index contributed by atoms with van der Waals surface area (Å²) in [5, 5.41) is 0. The number of thiophene rings is 1. The lowest BCUT2D eigenvalue weighted by Gasteiger charge is -2.23. The second-order valence-electron chi connectivity index (χ2n) is 5.03. The van der Waals surface area contributed by atoms with Crippen LogP contribution >= 0.6 is 27.3 Å².